The van der Waals surface area contributed by atoms with Crippen LogP contribution in [0.4, 0.5) is 0 Å². The van der Waals surface area contributed by atoms with Crippen molar-refractivity contribution in [2.24, 2.45) is 11.8 Å². The zero-order valence-corrected chi connectivity index (χ0v) is 37.4. The van der Waals surface area contributed by atoms with E-state index in [1.807, 2.05) is 0 Å². The highest BCUT2D eigenvalue weighted by Crippen LogP contribution is 2.23. The van der Waals surface area contributed by atoms with Crippen LogP contribution in [0.1, 0.15) is 252 Å². The van der Waals surface area contributed by atoms with Gasteiger partial charge in [-0.2, -0.15) is 0 Å². The van der Waals surface area contributed by atoms with Gasteiger partial charge in [0.2, 0.25) is 0 Å². The Bertz CT molecular complexity index is 754. The van der Waals surface area contributed by atoms with E-state index in [1.54, 1.807) is 0 Å². The highest BCUT2D eigenvalue weighted by molar-refractivity contribution is 5.69. The second-order valence-corrected chi connectivity index (χ2v) is 17.4. The van der Waals surface area contributed by atoms with Crippen molar-refractivity contribution in [3.8, 4) is 0 Å². The molecule has 1 unspecified atom stereocenters. The van der Waals surface area contributed by atoms with Crippen LogP contribution < -0.4 is 5.32 Å². The second kappa shape index (κ2) is 39.7. The van der Waals surface area contributed by atoms with Gasteiger partial charge in [0, 0.05) is 32.0 Å². The van der Waals surface area contributed by atoms with Crippen LogP contribution >= 0.6 is 0 Å². The van der Waals surface area contributed by atoms with Gasteiger partial charge < -0.3 is 19.5 Å². The van der Waals surface area contributed by atoms with E-state index in [4.69, 9.17) is 14.2 Å². The Kier molecular flexibility index (Phi) is 37.4. The minimum Gasteiger partial charge on any atom is -0.466 e. The molecule has 1 N–H and O–H groups in total. The molecule has 1 fully saturated rings. The molecular weight excluding hydrogens is 683 g/mol. The van der Waals surface area contributed by atoms with Crippen molar-refractivity contribution < 1.29 is 23.8 Å². The lowest BCUT2D eigenvalue weighted by atomic mass is 9.92. The predicted molar refractivity (Wildman–Crippen MR) is 235 cm³/mol. The Labute approximate surface area is 342 Å². The van der Waals surface area contributed by atoms with Crippen molar-refractivity contribution in [3.05, 3.63) is 0 Å². The first kappa shape index (κ1) is 51.9. The van der Waals surface area contributed by atoms with Crippen molar-refractivity contribution >= 4 is 11.9 Å². The molecule has 6 heteroatoms. The van der Waals surface area contributed by atoms with Crippen molar-refractivity contribution in [1.82, 2.24) is 5.32 Å². The van der Waals surface area contributed by atoms with Gasteiger partial charge in [-0.1, -0.05) is 182 Å². The smallest absolute Gasteiger partial charge is 0.305 e. The Morgan fingerprint density at radius 2 is 0.909 bits per heavy atom. The molecule has 326 valence electrons. The van der Waals surface area contributed by atoms with Crippen LogP contribution in [-0.4, -0.2) is 50.4 Å². The number of carbonyl (C=O) groups excluding carboxylic acids is 2. The van der Waals surface area contributed by atoms with Crippen LogP contribution in [0, 0.1) is 11.8 Å². The molecule has 1 atom stereocenters. The van der Waals surface area contributed by atoms with Gasteiger partial charge in [-0.3, -0.25) is 9.59 Å². The highest BCUT2D eigenvalue weighted by atomic mass is 16.5. The SMILES string of the molecule is CCCCCC(CCCCC)CCOC(=O)CCCCCCCC(CCCCCCCC(=O)OCCC(CCCCC)CCCCC)NCC1CCCCO1. The summed E-state index contributed by atoms with van der Waals surface area (Å²) in [7, 11) is 0. The van der Waals surface area contributed by atoms with Crippen LogP contribution in [-0.2, 0) is 23.8 Å². The summed E-state index contributed by atoms with van der Waals surface area (Å²) in [5.74, 6) is 1.44. The van der Waals surface area contributed by atoms with Gasteiger partial charge >= 0.3 is 11.9 Å². The molecular formula is C49H95NO5. The maximum atomic E-state index is 12.4. The maximum Gasteiger partial charge on any atom is 0.305 e. The average molecular weight is 778 g/mol. The van der Waals surface area contributed by atoms with Gasteiger partial charge in [-0.05, 0) is 69.6 Å². The molecule has 0 amide bonds. The molecule has 0 aromatic rings. The number of ether oxygens (including phenoxy) is 3. The summed E-state index contributed by atoms with van der Waals surface area (Å²) in [6.45, 7) is 12.2. The predicted octanol–water partition coefficient (Wildman–Crippen LogP) is 14.4. The van der Waals surface area contributed by atoms with E-state index < -0.39 is 0 Å². The third-order valence-corrected chi connectivity index (χ3v) is 12.2. The molecule has 55 heavy (non-hydrogen) atoms. The first-order valence-electron chi connectivity index (χ1n) is 24.7. The molecule has 0 radical (unpaired) electrons. The van der Waals surface area contributed by atoms with E-state index in [9.17, 15) is 9.59 Å². The molecule has 0 aromatic carbocycles. The van der Waals surface area contributed by atoms with E-state index in [1.165, 1.54) is 173 Å². The third-order valence-electron chi connectivity index (χ3n) is 12.2. The van der Waals surface area contributed by atoms with Crippen LogP contribution in [0.15, 0.2) is 0 Å². The van der Waals surface area contributed by atoms with Crippen LogP contribution in [0.3, 0.4) is 0 Å². The van der Waals surface area contributed by atoms with E-state index in [-0.39, 0.29) is 11.9 Å². The van der Waals surface area contributed by atoms with Gasteiger partial charge in [0.05, 0.1) is 19.3 Å². The molecule has 0 aromatic heterocycles. The topological polar surface area (TPSA) is 73.9 Å². The molecule has 0 spiro atoms. The molecule has 1 rings (SSSR count). The standard InChI is InChI=1S/C49H95NO5/c1-5-9-19-29-44(30-20-10-6-2)38-41-54-48(51)36-25-17-13-15-23-33-46(50-43-47-35-27-28-40-53-47)34-24-16-14-18-26-37-49(52)55-42-39-45(31-21-11-7-3)32-22-12-8-4/h44-47,50H,5-43H2,1-4H3. The summed E-state index contributed by atoms with van der Waals surface area (Å²) < 4.78 is 17.4. The van der Waals surface area contributed by atoms with Crippen molar-refractivity contribution in [1.29, 1.82) is 0 Å². The molecule has 1 heterocycles. The number of carbonyl (C=O) groups is 2. The molecule has 1 aliphatic rings. The lowest BCUT2D eigenvalue weighted by molar-refractivity contribution is -0.145. The van der Waals surface area contributed by atoms with Gasteiger partial charge in [0.1, 0.15) is 0 Å². The first-order valence-corrected chi connectivity index (χ1v) is 24.7. The Balaban J connectivity index is 2.22. The lowest BCUT2D eigenvalue weighted by Crippen LogP contribution is -2.38. The van der Waals surface area contributed by atoms with Gasteiger partial charge in [0.25, 0.3) is 0 Å². The van der Waals surface area contributed by atoms with Crippen molar-refractivity contribution in [3.63, 3.8) is 0 Å². The minimum absolute atomic E-state index is 0.00433. The summed E-state index contributed by atoms with van der Waals surface area (Å²) in [5.41, 5.74) is 0. The second-order valence-electron chi connectivity index (χ2n) is 17.4. The highest BCUT2D eigenvalue weighted by Gasteiger charge is 2.17. The zero-order chi connectivity index (χ0) is 39.9. The Morgan fingerprint density at radius 3 is 1.31 bits per heavy atom. The van der Waals surface area contributed by atoms with Gasteiger partial charge in [-0.15, -0.1) is 0 Å². The fraction of sp³-hybridized carbons (Fsp3) is 0.959. The number of esters is 2. The van der Waals surface area contributed by atoms with E-state index in [0.29, 0.717) is 38.2 Å². The van der Waals surface area contributed by atoms with Crippen LogP contribution in [0.5, 0.6) is 0 Å². The largest absolute Gasteiger partial charge is 0.466 e. The summed E-state index contributed by atoms with van der Waals surface area (Å²) in [4.78, 5) is 24.8. The minimum atomic E-state index is 0.00433. The Hall–Kier alpha value is -1.14. The molecule has 1 aliphatic heterocycles. The zero-order valence-electron chi connectivity index (χ0n) is 37.4. The fourth-order valence-corrected chi connectivity index (χ4v) is 8.42. The van der Waals surface area contributed by atoms with E-state index in [0.717, 1.165) is 63.5 Å². The monoisotopic (exact) mass is 778 g/mol. The fourth-order valence-electron chi connectivity index (χ4n) is 8.42. The molecule has 0 saturated carbocycles. The van der Waals surface area contributed by atoms with E-state index in [2.05, 4.69) is 33.0 Å². The third kappa shape index (κ3) is 33.5. The summed E-state index contributed by atoms with van der Waals surface area (Å²) in [6.07, 6.45) is 41.9. The normalized spacial score (nSPS) is 14.7. The van der Waals surface area contributed by atoms with Gasteiger partial charge in [0.15, 0.2) is 0 Å². The van der Waals surface area contributed by atoms with Crippen molar-refractivity contribution in [2.45, 2.75) is 265 Å². The number of hydrogen-bond donors (Lipinski definition) is 1. The average Bonchev–Trinajstić information content (AvgIpc) is 3.19. The van der Waals surface area contributed by atoms with E-state index >= 15 is 0 Å². The van der Waals surface area contributed by atoms with Crippen molar-refractivity contribution in [2.75, 3.05) is 26.4 Å². The molecule has 0 bridgehead atoms. The molecule has 6 nitrogen and oxygen atoms in total. The molecule has 0 aliphatic carbocycles. The maximum absolute atomic E-state index is 12.4. The number of nitrogens with one attached hydrogen (secondary N) is 1. The molecule has 1 saturated heterocycles. The number of unbranched alkanes of at least 4 members (excludes halogenated alkanes) is 16. The first-order chi connectivity index (χ1) is 27.0. The summed E-state index contributed by atoms with van der Waals surface area (Å²) in [6, 6.07) is 0.552. The lowest BCUT2D eigenvalue weighted by Gasteiger charge is -2.26. The van der Waals surface area contributed by atoms with Crippen LogP contribution in [0.2, 0.25) is 0 Å². The van der Waals surface area contributed by atoms with Gasteiger partial charge in [-0.25, -0.2) is 0 Å². The van der Waals surface area contributed by atoms with Crippen LogP contribution in [0.25, 0.3) is 0 Å². The number of hydrogen-bond acceptors (Lipinski definition) is 6. The summed E-state index contributed by atoms with van der Waals surface area (Å²) in [5, 5.41) is 3.89. The quantitative estimate of drug-likeness (QED) is 0.0492. The summed E-state index contributed by atoms with van der Waals surface area (Å²) >= 11 is 0. The Morgan fingerprint density at radius 1 is 0.509 bits per heavy atom. The number of rotatable bonds is 41.